The molecular weight excluding hydrogens is 298 g/mol. The number of thioether (sulfide) groups is 1. The van der Waals surface area contributed by atoms with E-state index < -0.39 is 0 Å². The number of tetrazole rings is 1. The van der Waals surface area contributed by atoms with Crippen molar-refractivity contribution in [2.45, 2.75) is 59.2 Å². The number of hydrogen-bond acceptors (Lipinski definition) is 5. The fourth-order valence-corrected chi connectivity index (χ4v) is 3.03. The fraction of sp³-hybridized carbons (Fsp3) is 0.867. The van der Waals surface area contributed by atoms with Crippen molar-refractivity contribution in [2.24, 2.45) is 11.8 Å². The molecule has 0 saturated carbocycles. The van der Waals surface area contributed by atoms with Crippen LogP contribution in [0.2, 0.25) is 0 Å². The summed E-state index contributed by atoms with van der Waals surface area (Å²) in [6.45, 7) is 16.2. The van der Waals surface area contributed by atoms with Crippen molar-refractivity contribution in [1.82, 2.24) is 25.1 Å². The molecule has 0 bridgehead atoms. The first-order valence-electron chi connectivity index (χ1n) is 7.80. The van der Waals surface area contributed by atoms with Gasteiger partial charge in [0.15, 0.2) is 0 Å². The highest BCUT2D eigenvalue weighted by Crippen LogP contribution is 2.21. The van der Waals surface area contributed by atoms with Crippen molar-refractivity contribution in [1.29, 1.82) is 0 Å². The molecule has 1 rings (SSSR count). The van der Waals surface area contributed by atoms with Crippen LogP contribution in [0.3, 0.4) is 0 Å². The zero-order chi connectivity index (χ0) is 16.9. The minimum Gasteiger partial charge on any atom is -0.341 e. The molecule has 0 aliphatic carbocycles. The normalized spacial score (nSPS) is 12.2. The highest BCUT2D eigenvalue weighted by Gasteiger charge is 2.22. The van der Waals surface area contributed by atoms with E-state index in [0.717, 1.165) is 13.1 Å². The lowest BCUT2D eigenvalue weighted by Crippen LogP contribution is -2.38. The molecule has 6 nitrogen and oxygen atoms in total. The standard InChI is InChI=1S/C15H29N5OS/c1-11(2)8-19(9-12(3)4)13(21)10-22-14-16-17-18-20(14)15(5,6)7/h11-12H,8-10H2,1-7H3. The van der Waals surface area contributed by atoms with Crippen molar-refractivity contribution < 1.29 is 4.79 Å². The van der Waals surface area contributed by atoms with Gasteiger partial charge in [-0.05, 0) is 43.0 Å². The van der Waals surface area contributed by atoms with E-state index in [9.17, 15) is 4.79 Å². The topological polar surface area (TPSA) is 63.9 Å². The van der Waals surface area contributed by atoms with Crippen LogP contribution in [0.25, 0.3) is 0 Å². The molecule has 0 radical (unpaired) electrons. The third kappa shape index (κ3) is 5.94. The summed E-state index contributed by atoms with van der Waals surface area (Å²) in [5, 5.41) is 12.5. The zero-order valence-electron chi connectivity index (χ0n) is 14.8. The minimum atomic E-state index is -0.190. The Bertz CT molecular complexity index is 469. The Morgan fingerprint density at radius 2 is 1.73 bits per heavy atom. The fourth-order valence-electron chi connectivity index (χ4n) is 2.07. The summed E-state index contributed by atoms with van der Waals surface area (Å²) in [5.41, 5.74) is -0.190. The van der Waals surface area contributed by atoms with Crippen LogP contribution in [0.4, 0.5) is 0 Å². The van der Waals surface area contributed by atoms with Gasteiger partial charge in [0.25, 0.3) is 0 Å². The van der Waals surface area contributed by atoms with Gasteiger partial charge in [0.05, 0.1) is 11.3 Å². The van der Waals surface area contributed by atoms with Crippen LogP contribution in [0.5, 0.6) is 0 Å². The first-order chi connectivity index (χ1) is 10.1. The van der Waals surface area contributed by atoms with Crippen molar-refractivity contribution >= 4 is 17.7 Å². The van der Waals surface area contributed by atoms with E-state index in [-0.39, 0.29) is 11.4 Å². The second-order valence-corrected chi connectivity index (χ2v) is 8.36. The van der Waals surface area contributed by atoms with E-state index in [4.69, 9.17) is 0 Å². The average molecular weight is 327 g/mol. The van der Waals surface area contributed by atoms with Gasteiger partial charge in [0, 0.05) is 13.1 Å². The predicted octanol–water partition coefficient (Wildman–Crippen LogP) is 2.66. The molecule has 7 heteroatoms. The van der Waals surface area contributed by atoms with Crippen LogP contribution in [-0.2, 0) is 10.3 Å². The Labute approximate surface area is 138 Å². The van der Waals surface area contributed by atoms with Crippen molar-refractivity contribution in [2.75, 3.05) is 18.8 Å². The summed E-state index contributed by atoms with van der Waals surface area (Å²) >= 11 is 1.41. The number of carbonyl (C=O) groups is 1. The van der Waals surface area contributed by atoms with Crippen molar-refractivity contribution in [3.05, 3.63) is 0 Å². The van der Waals surface area contributed by atoms with E-state index in [1.807, 2.05) is 25.7 Å². The molecule has 22 heavy (non-hydrogen) atoms. The molecule has 0 fully saturated rings. The summed E-state index contributed by atoms with van der Waals surface area (Å²) in [4.78, 5) is 14.4. The van der Waals surface area contributed by atoms with E-state index in [2.05, 4.69) is 43.2 Å². The van der Waals surface area contributed by atoms with Gasteiger partial charge in [-0.25, -0.2) is 4.68 Å². The van der Waals surface area contributed by atoms with E-state index in [1.165, 1.54) is 11.8 Å². The smallest absolute Gasteiger partial charge is 0.233 e. The lowest BCUT2D eigenvalue weighted by atomic mass is 10.1. The van der Waals surface area contributed by atoms with Gasteiger partial charge in [0.1, 0.15) is 0 Å². The van der Waals surface area contributed by atoms with Gasteiger partial charge in [0.2, 0.25) is 11.1 Å². The SMILES string of the molecule is CC(C)CN(CC(C)C)C(=O)CSc1nnnn1C(C)(C)C. The number of hydrogen-bond donors (Lipinski definition) is 0. The monoisotopic (exact) mass is 327 g/mol. The maximum absolute atomic E-state index is 12.5. The van der Waals surface area contributed by atoms with E-state index in [1.54, 1.807) is 4.68 Å². The highest BCUT2D eigenvalue weighted by molar-refractivity contribution is 7.99. The molecule has 1 aromatic rings. The molecule has 0 saturated heterocycles. The van der Waals surface area contributed by atoms with Crippen molar-refractivity contribution in [3.63, 3.8) is 0 Å². The van der Waals surface area contributed by atoms with Crippen LogP contribution in [-0.4, -0.2) is 49.9 Å². The predicted molar refractivity (Wildman–Crippen MR) is 89.8 cm³/mol. The summed E-state index contributed by atoms with van der Waals surface area (Å²) in [6, 6.07) is 0. The summed E-state index contributed by atoms with van der Waals surface area (Å²) in [6.07, 6.45) is 0. The lowest BCUT2D eigenvalue weighted by molar-refractivity contribution is -0.129. The molecule has 0 unspecified atom stereocenters. The maximum Gasteiger partial charge on any atom is 0.233 e. The molecule has 0 aliphatic rings. The molecule has 0 N–H and O–H groups in total. The molecule has 1 aromatic heterocycles. The van der Waals surface area contributed by atoms with Gasteiger partial charge in [-0.2, -0.15) is 0 Å². The minimum absolute atomic E-state index is 0.149. The molecule has 126 valence electrons. The highest BCUT2D eigenvalue weighted by atomic mass is 32.2. The molecule has 0 aliphatic heterocycles. The second kappa shape index (κ2) is 7.94. The third-order valence-electron chi connectivity index (χ3n) is 2.92. The van der Waals surface area contributed by atoms with Gasteiger partial charge in [-0.15, -0.1) is 5.10 Å². The Balaban J connectivity index is 2.69. The molecule has 1 amide bonds. The van der Waals surface area contributed by atoms with Crippen LogP contribution >= 0.6 is 11.8 Å². The molecule has 1 heterocycles. The van der Waals surface area contributed by atoms with Crippen LogP contribution in [0.1, 0.15) is 48.5 Å². The number of carbonyl (C=O) groups excluding carboxylic acids is 1. The quantitative estimate of drug-likeness (QED) is 0.720. The number of amides is 1. The Morgan fingerprint density at radius 3 is 2.18 bits per heavy atom. The summed E-state index contributed by atoms with van der Waals surface area (Å²) < 4.78 is 1.76. The van der Waals surface area contributed by atoms with Gasteiger partial charge >= 0.3 is 0 Å². The molecule has 0 aromatic carbocycles. The second-order valence-electron chi connectivity index (χ2n) is 7.42. The number of aromatic nitrogens is 4. The average Bonchev–Trinajstić information content (AvgIpc) is 2.82. The molecule has 0 atom stereocenters. The van der Waals surface area contributed by atoms with Crippen molar-refractivity contribution in [3.8, 4) is 0 Å². The van der Waals surface area contributed by atoms with Crippen LogP contribution < -0.4 is 0 Å². The summed E-state index contributed by atoms with van der Waals surface area (Å²) in [5.74, 6) is 1.45. The zero-order valence-corrected chi connectivity index (χ0v) is 15.6. The molecular formula is C15H29N5OS. The Morgan fingerprint density at radius 1 is 1.18 bits per heavy atom. The maximum atomic E-state index is 12.5. The van der Waals surface area contributed by atoms with E-state index >= 15 is 0 Å². The third-order valence-corrected chi connectivity index (χ3v) is 3.83. The number of nitrogens with zero attached hydrogens (tertiary/aromatic N) is 5. The first kappa shape index (κ1) is 18.9. The number of rotatable bonds is 7. The lowest BCUT2D eigenvalue weighted by Gasteiger charge is -2.26. The van der Waals surface area contributed by atoms with Gasteiger partial charge < -0.3 is 4.90 Å². The van der Waals surface area contributed by atoms with Crippen LogP contribution in [0.15, 0.2) is 5.16 Å². The van der Waals surface area contributed by atoms with E-state index in [0.29, 0.717) is 22.7 Å². The summed E-state index contributed by atoms with van der Waals surface area (Å²) in [7, 11) is 0. The Kier molecular flexibility index (Phi) is 6.84. The molecule has 0 spiro atoms. The Hall–Kier alpha value is -1.11. The first-order valence-corrected chi connectivity index (χ1v) is 8.79. The largest absolute Gasteiger partial charge is 0.341 e. The van der Waals surface area contributed by atoms with Crippen LogP contribution in [0, 0.1) is 11.8 Å². The van der Waals surface area contributed by atoms with Gasteiger partial charge in [-0.3, -0.25) is 4.79 Å². The van der Waals surface area contributed by atoms with Gasteiger partial charge in [-0.1, -0.05) is 39.5 Å².